The van der Waals surface area contributed by atoms with Gasteiger partial charge in [-0.1, -0.05) is 6.42 Å². The van der Waals surface area contributed by atoms with Gasteiger partial charge in [0.1, 0.15) is 10.6 Å². The molecule has 110 valence electrons. The Hall–Kier alpha value is -1.01. The van der Waals surface area contributed by atoms with E-state index in [2.05, 4.69) is 10.3 Å². The van der Waals surface area contributed by atoms with Crippen molar-refractivity contribution in [1.82, 2.24) is 10.3 Å². The maximum absolute atomic E-state index is 12.0. The highest BCUT2D eigenvalue weighted by Crippen LogP contribution is 2.47. The van der Waals surface area contributed by atoms with E-state index in [-0.39, 0.29) is 16.5 Å². The van der Waals surface area contributed by atoms with Gasteiger partial charge in [-0.3, -0.25) is 4.79 Å². The molecule has 1 aromatic heterocycles. The fourth-order valence-corrected chi connectivity index (χ4v) is 4.32. The SMILES string of the molecule is O=C(NCC1CC2CCC1C2)c1cc(S(=O)(=O)Cl)c[nH]1. The third-order valence-electron chi connectivity index (χ3n) is 4.59. The number of aromatic nitrogens is 1. The highest BCUT2D eigenvalue weighted by atomic mass is 35.7. The first-order valence-electron chi connectivity index (χ1n) is 6.85. The number of rotatable bonds is 4. The van der Waals surface area contributed by atoms with E-state index in [0.29, 0.717) is 12.5 Å². The van der Waals surface area contributed by atoms with Gasteiger partial charge < -0.3 is 10.3 Å². The summed E-state index contributed by atoms with van der Waals surface area (Å²) in [5.74, 6) is 1.89. The molecular weight excluding hydrogens is 300 g/mol. The second-order valence-corrected chi connectivity index (χ2v) is 8.40. The van der Waals surface area contributed by atoms with Crippen molar-refractivity contribution in [1.29, 1.82) is 0 Å². The highest BCUT2D eigenvalue weighted by molar-refractivity contribution is 8.13. The van der Waals surface area contributed by atoms with Crippen LogP contribution in [0.2, 0.25) is 0 Å². The Labute approximate surface area is 122 Å². The first-order chi connectivity index (χ1) is 9.43. The maximum Gasteiger partial charge on any atom is 0.267 e. The standard InChI is InChI=1S/C13H17ClN2O3S/c14-20(18,19)11-5-12(15-7-11)13(17)16-6-10-4-8-1-2-9(10)3-8/h5,7-10,15H,1-4,6H2,(H,16,17). The van der Waals surface area contributed by atoms with E-state index in [1.807, 2.05) is 0 Å². The average molecular weight is 317 g/mol. The lowest BCUT2D eigenvalue weighted by Gasteiger charge is -2.21. The number of nitrogens with one attached hydrogen (secondary N) is 2. The van der Waals surface area contributed by atoms with Crippen molar-refractivity contribution in [2.75, 3.05) is 6.54 Å². The molecule has 2 saturated carbocycles. The van der Waals surface area contributed by atoms with E-state index in [0.717, 1.165) is 11.8 Å². The van der Waals surface area contributed by atoms with Crippen molar-refractivity contribution in [3.05, 3.63) is 18.0 Å². The summed E-state index contributed by atoms with van der Waals surface area (Å²) in [5, 5.41) is 2.88. The zero-order chi connectivity index (χ0) is 14.3. The summed E-state index contributed by atoms with van der Waals surface area (Å²) in [6.07, 6.45) is 6.36. The van der Waals surface area contributed by atoms with Gasteiger partial charge in [-0.15, -0.1) is 0 Å². The Bertz CT molecular complexity index is 625. The summed E-state index contributed by atoms with van der Waals surface area (Å²) < 4.78 is 22.3. The first kappa shape index (κ1) is 13.9. The molecule has 1 amide bonds. The summed E-state index contributed by atoms with van der Waals surface area (Å²) in [6.45, 7) is 0.669. The zero-order valence-electron chi connectivity index (χ0n) is 10.9. The summed E-state index contributed by atoms with van der Waals surface area (Å²) in [7, 11) is 1.43. The minimum atomic E-state index is -3.79. The van der Waals surface area contributed by atoms with Crippen LogP contribution in [0.4, 0.5) is 0 Å². The van der Waals surface area contributed by atoms with E-state index in [9.17, 15) is 13.2 Å². The van der Waals surface area contributed by atoms with Gasteiger partial charge in [0.25, 0.3) is 15.0 Å². The van der Waals surface area contributed by atoms with Crippen LogP contribution in [0.15, 0.2) is 17.2 Å². The molecule has 0 aromatic carbocycles. The lowest BCUT2D eigenvalue weighted by Crippen LogP contribution is -2.31. The number of aromatic amines is 1. The minimum absolute atomic E-state index is 0.0794. The summed E-state index contributed by atoms with van der Waals surface area (Å²) in [5.41, 5.74) is 0.229. The lowest BCUT2D eigenvalue weighted by atomic mass is 9.89. The van der Waals surface area contributed by atoms with Crippen molar-refractivity contribution in [3.8, 4) is 0 Å². The number of carbonyl (C=O) groups excluding carboxylic acids is 1. The Morgan fingerprint density at radius 3 is 2.75 bits per heavy atom. The molecule has 0 radical (unpaired) electrons. The van der Waals surface area contributed by atoms with E-state index >= 15 is 0 Å². The van der Waals surface area contributed by atoms with Crippen LogP contribution in [-0.4, -0.2) is 25.9 Å². The quantitative estimate of drug-likeness (QED) is 0.835. The van der Waals surface area contributed by atoms with Crippen LogP contribution in [0, 0.1) is 17.8 Å². The zero-order valence-corrected chi connectivity index (χ0v) is 12.5. The highest BCUT2D eigenvalue weighted by Gasteiger charge is 2.39. The predicted molar refractivity (Wildman–Crippen MR) is 75.1 cm³/mol. The number of halogens is 1. The third-order valence-corrected chi connectivity index (χ3v) is 5.93. The lowest BCUT2D eigenvalue weighted by molar-refractivity contribution is 0.0937. The Balaban J connectivity index is 1.58. The van der Waals surface area contributed by atoms with Gasteiger partial charge in [0.15, 0.2) is 0 Å². The fraction of sp³-hybridized carbons (Fsp3) is 0.615. The van der Waals surface area contributed by atoms with Gasteiger partial charge in [-0.05, 0) is 43.1 Å². The van der Waals surface area contributed by atoms with Crippen molar-refractivity contribution >= 4 is 25.6 Å². The molecule has 2 N–H and O–H groups in total. The number of amides is 1. The maximum atomic E-state index is 12.0. The average Bonchev–Trinajstić information content (AvgIpc) is 3.09. The molecule has 2 bridgehead atoms. The van der Waals surface area contributed by atoms with Crippen molar-refractivity contribution in [2.24, 2.45) is 17.8 Å². The number of hydrogen-bond donors (Lipinski definition) is 2. The molecule has 0 aliphatic heterocycles. The Kier molecular flexibility index (Phi) is 3.54. The summed E-state index contributed by atoms with van der Waals surface area (Å²) in [4.78, 5) is 14.5. The van der Waals surface area contributed by atoms with E-state index in [1.54, 1.807) is 0 Å². The number of fused-ring (bicyclic) bond motifs is 2. The molecular formula is C13H17ClN2O3S. The predicted octanol–water partition coefficient (Wildman–Crippen LogP) is 2.11. The Morgan fingerprint density at radius 1 is 1.40 bits per heavy atom. The molecule has 3 unspecified atom stereocenters. The van der Waals surface area contributed by atoms with Gasteiger partial charge in [-0.2, -0.15) is 0 Å². The van der Waals surface area contributed by atoms with Gasteiger partial charge in [0.05, 0.1) is 0 Å². The van der Waals surface area contributed by atoms with Crippen LogP contribution in [0.25, 0.3) is 0 Å². The van der Waals surface area contributed by atoms with Crippen molar-refractivity contribution < 1.29 is 13.2 Å². The van der Waals surface area contributed by atoms with Crippen LogP contribution in [-0.2, 0) is 9.05 Å². The molecule has 1 aromatic rings. The van der Waals surface area contributed by atoms with Crippen LogP contribution in [0.5, 0.6) is 0 Å². The third kappa shape index (κ3) is 2.72. The molecule has 2 aliphatic rings. The summed E-state index contributed by atoms with van der Waals surface area (Å²) in [6, 6.07) is 1.26. The molecule has 5 nitrogen and oxygen atoms in total. The molecule has 1 heterocycles. The molecule has 20 heavy (non-hydrogen) atoms. The number of hydrogen-bond acceptors (Lipinski definition) is 3. The topological polar surface area (TPSA) is 79.0 Å². The van der Waals surface area contributed by atoms with Gasteiger partial charge >= 0.3 is 0 Å². The van der Waals surface area contributed by atoms with Crippen molar-refractivity contribution in [3.63, 3.8) is 0 Å². The van der Waals surface area contributed by atoms with Gasteiger partial charge in [0.2, 0.25) is 0 Å². The van der Waals surface area contributed by atoms with Crippen LogP contribution in [0.3, 0.4) is 0 Å². The van der Waals surface area contributed by atoms with Crippen molar-refractivity contribution in [2.45, 2.75) is 30.6 Å². The smallest absolute Gasteiger partial charge is 0.267 e. The second-order valence-electron chi connectivity index (χ2n) is 5.83. The monoisotopic (exact) mass is 316 g/mol. The number of H-pyrrole nitrogens is 1. The summed E-state index contributed by atoms with van der Waals surface area (Å²) >= 11 is 0. The van der Waals surface area contributed by atoms with Gasteiger partial charge in [-0.25, -0.2) is 8.42 Å². The Morgan fingerprint density at radius 2 is 2.20 bits per heavy atom. The molecule has 3 atom stereocenters. The van der Waals surface area contributed by atoms with Crippen LogP contribution < -0.4 is 5.32 Å². The fourth-order valence-electron chi connectivity index (χ4n) is 3.59. The number of carbonyl (C=O) groups is 1. The normalized spacial score (nSPS) is 28.8. The molecule has 3 rings (SSSR count). The molecule has 0 spiro atoms. The molecule has 7 heteroatoms. The van der Waals surface area contributed by atoms with Crippen LogP contribution >= 0.6 is 10.7 Å². The van der Waals surface area contributed by atoms with Gasteiger partial charge in [0, 0.05) is 23.4 Å². The van der Waals surface area contributed by atoms with E-state index < -0.39 is 9.05 Å². The van der Waals surface area contributed by atoms with E-state index in [1.165, 1.54) is 37.9 Å². The molecule has 2 aliphatic carbocycles. The first-order valence-corrected chi connectivity index (χ1v) is 9.15. The minimum Gasteiger partial charge on any atom is -0.356 e. The molecule has 0 saturated heterocycles. The second kappa shape index (κ2) is 5.07. The van der Waals surface area contributed by atoms with E-state index in [4.69, 9.17) is 10.7 Å². The molecule has 2 fully saturated rings. The largest absolute Gasteiger partial charge is 0.356 e. The van der Waals surface area contributed by atoms with Crippen LogP contribution in [0.1, 0.15) is 36.2 Å².